The van der Waals surface area contributed by atoms with Crippen molar-refractivity contribution in [2.45, 2.75) is 40.2 Å². The van der Waals surface area contributed by atoms with Crippen LogP contribution < -0.4 is 10.6 Å². The highest BCUT2D eigenvalue weighted by Crippen LogP contribution is 2.17. The second kappa shape index (κ2) is 8.08. The van der Waals surface area contributed by atoms with Crippen molar-refractivity contribution in [3.05, 3.63) is 0 Å². The van der Waals surface area contributed by atoms with Gasteiger partial charge in [0.05, 0.1) is 6.61 Å². The zero-order valence-electron chi connectivity index (χ0n) is 11.0. The van der Waals surface area contributed by atoms with Gasteiger partial charge in [-0.05, 0) is 18.8 Å². The molecule has 3 heteroatoms. The molecule has 0 saturated heterocycles. The maximum absolute atomic E-state index is 4.97. The van der Waals surface area contributed by atoms with E-state index in [0.29, 0.717) is 11.5 Å². The first-order valence-electron chi connectivity index (χ1n) is 5.95. The number of ether oxygens (including phenoxy) is 1. The highest BCUT2D eigenvalue weighted by molar-refractivity contribution is 4.73. The Morgan fingerprint density at radius 2 is 2.00 bits per heavy atom. The van der Waals surface area contributed by atoms with Crippen molar-refractivity contribution in [1.82, 2.24) is 10.6 Å². The average Bonchev–Trinajstić information content (AvgIpc) is 2.22. The van der Waals surface area contributed by atoms with E-state index in [9.17, 15) is 0 Å². The van der Waals surface area contributed by atoms with Gasteiger partial charge in [0, 0.05) is 32.8 Å². The molecule has 3 nitrogen and oxygen atoms in total. The fraction of sp³-hybridized carbons (Fsp3) is 1.00. The number of nitrogens with one attached hydrogen (secondary N) is 2. The molecule has 0 aromatic rings. The zero-order chi connectivity index (χ0) is 11.7. The van der Waals surface area contributed by atoms with Crippen LogP contribution in [-0.2, 0) is 4.74 Å². The Kier molecular flexibility index (Phi) is 8.02. The lowest BCUT2D eigenvalue weighted by atomic mass is 9.90. The third-order valence-electron chi connectivity index (χ3n) is 2.82. The molecule has 2 N–H and O–H groups in total. The third kappa shape index (κ3) is 8.85. The van der Waals surface area contributed by atoms with Crippen molar-refractivity contribution in [1.29, 1.82) is 0 Å². The summed E-state index contributed by atoms with van der Waals surface area (Å²) in [5.41, 5.74) is 0.404. The van der Waals surface area contributed by atoms with Crippen LogP contribution in [0.15, 0.2) is 0 Å². The standard InChI is InChI=1S/C12H28N2O/c1-6-12(3,4)10-14-11(2)9-13-7-8-15-5/h11,13-14H,6-10H2,1-5H3. The van der Waals surface area contributed by atoms with Crippen LogP contribution in [0.25, 0.3) is 0 Å². The van der Waals surface area contributed by atoms with Gasteiger partial charge in [-0.3, -0.25) is 0 Å². The largest absolute Gasteiger partial charge is 0.383 e. The monoisotopic (exact) mass is 216 g/mol. The Morgan fingerprint density at radius 3 is 2.53 bits per heavy atom. The molecule has 0 aliphatic rings. The molecule has 0 spiro atoms. The predicted octanol–water partition coefficient (Wildman–Crippen LogP) is 1.64. The van der Waals surface area contributed by atoms with Crippen LogP contribution in [0, 0.1) is 5.41 Å². The van der Waals surface area contributed by atoms with Crippen LogP contribution in [-0.4, -0.2) is 39.4 Å². The summed E-state index contributed by atoms with van der Waals surface area (Å²) < 4.78 is 4.97. The summed E-state index contributed by atoms with van der Waals surface area (Å²) in [6, 6.07) is 0.521. The van der Waals surface area contributed by atoms with Gasteiger partial charge >= 0.3 is 0 Å². The lowest BCUT2D eigenvalue weighted by molar-refractivity contribution is 0.198. The molecule has 1 unspecified atom stereocenters. The van der Waals surface area contributed by atoms with Crippen LogP contribution in [0.4, 0.5) is 0 Å². The first-order valence-corrected chi connectivity index (χ1v) is 5.95. The molecule has 0 saturated carbocycles. The highest BCUT2D eigenvalue weighted by atomic mass is 16.5. The lowest BCUT2D eigenvalue weighted by Gasteiger charge is -2.25. The van der Waals surface area contributed by atoms with Gasteiger partial charge in [-0.25, -0.2) is 0 Å². The van der Waals surface area contributed by atoms with E-state index < -0.39 is 0 Å². The molecule has 15 heavy (non-hydrogen) atoms. The van der Waals surface area contributed by atoms with Gasteiger partial charge in [0.2, 0.25) is 0 Å². The highest BCUT2D eigenvalue weighted by Gasteiger charge is 2.15. The first-order chi connectivity index (χ1) is 7.02. The van der Waals surface area contributed by atoms with Gasteiger partial charge in [0.1, 0.15) is 0 Å². The molecular formula is C12H28N2O. The molecule has 92 valence electrons. The van der Waals surface area contributed by atoms with E-state index in [1.165, 1.54) is 6.42 Å². The van der Waals surface area contributed by atoms with Crippen molar-refractivity contribution in [3.8, 4) is 0 Å². The third-order valence-corrected chi connectivity index (χ3v) is 2.82. The Labute approximate surface area is 95.0 Å². The number of rotatable bonds is 9. The molecule has 0 aliphatic heterocycles. The summed E-state index contributed by atoms with van der Waals surface area (Å²) in [5, 5.41) is 6.90. The molecule has 0 amide bonds. The summed E-state index contributed by atoms with van der Waals surface area (Å²) in [4.78, 5) is 0. The maximum Gasteiger partial charge on any atom is 0.0587 e. The van der Waals surface area contributed by atoms with E-state index in [1.54, 1.807) is 7.11 Å². The van der Waals surface area contributed by atoms with Gasteiger partial charge in [0.15, 0.2) is 0 Å². The maximum atomic E-state index is 4.97. The summed E-state index contributed by atoms with van der Waals surface area (Å²) in [6.45, 7) is 12.8. The molecule has 0 heterocycles. The molecule has 1 atom stereocenters. The fourth-order valence-corrected chi connectivity index (χ4v) is 1.14. The number of methoxy groups -OCH3 is 1. The minimum absolute atomic E-state index is 0.404. The second-order valence-electron chi connectivity index (χ2n) is 5.00. The van der Waals surface area contributed by atoms with Crippen molar-refractivity contribution >= 4 is 0 Å². The minimum atomic E-state index is 0.404. The van der Waals surface area contributed by atoms with Gasteiger partial charge in [-0.2, -0.15) is 0 Å². The van der Waals surface area contributed by atoms with E-state index >= 15 is 0 Å². The van der Waals surface area contributed by atoms with Crippen LogP contribution in [0.5, 0.6) is 0 Å². The Balaban J connectivity index is 3.44. The van der Waals surface area contributed by atoms with Gasteiger partial charge in [-0.15, -0.1) is 0 Å². The number of hydrogen-bond acceptors (Lipinski definition) is 3. The number of hydrogen-bond donors (Lipinski definition) is 2. The molecule has 0 aromatic heterocycles. The molecular weight excluding hydrogens is 188 g/mol. The SMILES string of the molecule is CCC(C)(C)CNC(C)CNCCOC. The smallest absolute Gasteiger partial charge is 0.0587 e. The summed E-state index contributed by atoms with van der Waals surface area (Å²) in [5.74, 6) is 0. The Morgan fingerprint density at radius 1 is 1.33 bits per heavy atom. The van der Waals surface area contributed by atoms with Crippen LogP contribution in [0.1, 0.15) is 34.1 Å². The Hall–Kier alpha value is -0.120. The topological polar surface area (TPSA) is 33.3 Å². The van der Waals surface area contributed by atoms with Crippen molar-refractivity contribution in [3.63, 3.8) is 0 Å². The van der Waals surface area contributed by atoms with Gasteiger partial charge < -0.3 is 15.4 Å². The summed E-state index contributed by atoms with van der Waals surface area (Å²) in [7, 11) is 1.73. The average molecular weight is 216 g/mol. The minimum Gasteiger partial charge on any atom is -0.383 e. The van der Waals surface area contributed by atoms with Gasteiger partial charge in [0.25, 0.3) is 0 Å². The zero-order valence-corrected chi connectivity index (χ0v) is 11.0. The molecule has 0 rings (SSSR count). The van der Waals surface area contributed by atoms with Crippen LogP contribution in [0.2, 0.25) is 0 Å². The van der Waals surface area contributed by atoms with E-state index in [4.69, 9.17) is 4.74 Å². The van der Waals surface area contributed by atoms with Crippen molar-refractivity contribution in [2.75, 3.05) is 33.4 Å². The molecule has 0 aliphatic carbocycles. The normalized spacial score (nSPS) is 14.2. The van der Waals surface area contributed by atoms with Crippen molar-refractivity contribution in [2.24, 2.45) is 5.41 Å². The van der Waals surface area contributed by atoms with Crippen LogP contribution >= 0.6 is 0 Å². The summed E-state index contributed by atoms with van der Waals surface area (Å²) >= 11 is 0. The van der Waals surface area contributed by atoms with Gasteiger partial charge in [-0.1, -0.05) is 20.8 Å². The lowest BCUT2D eigenvalue weighted by Crippen LogP contribution is -2.41. The Bertz CT molecular complexity index is 149. The molecule has 0 aromatic carbocycles. The first kappa shape index (κ1) is 14.9. The van der Waals surface area contributed by atoms with E-state index in [2.05, 4.69) is 38.3 Å². The quantitative estimate of drug-likeness (QED) is 0.575. The predicted molar refractivity (Wildman–Crippen MR) is 66.3 cm³/mol. The van der Waals surface area contributed by atoms with Crippen molar-refractivity contribution < 1.29 is 4.74 Å². The van der Waals surface area contributed by atoms with E-state index in [1.807, 2.05) is 0 Å². The molecule has 0 bridgehead atoms. The van der Waals surface area contributed by atoms with E-state index in [-0.39, 0.29) is 0 Å². The van der Waals surface area contributed by atoms with E-state index in [0.717, 1.165) is 26.2 Å². The van der Waals surface area contributed by atoms with Crippen LogP contribution in [0.3, 0.4) is 0 Å². The second-order valence-corrected chi connectivity index (χ2v) is 5.00. The fourth-order valence-electron chi connectivity index (χ4n) is 1.14. The summed E-state index contributed by atoms with van der Waals surface area (Å²) in [6.07, 6.45) is 1.21. The molecule has 0 radical (unpaired) electrons. The molecule has 0 fully saturated rings.